The molecule has 182 valence electrons. The molecule has 1 rings (SSSR count). The summed E-state index contributed by atoms with van der Waals surface area (Å²) in [7, 11) is 0. The highest BCUT2D eigenvalue weighted by Gasteiger charge is 2.36. The molecule has 0 fully saturated rings. The van der Waals surface area contributed by atoms with Crippen molar-refractivity contribution >= 4 is 30.1 Å². The number of aliphatic imine (C=N–C) groups is 1. The van der Waals surface area contributed by atoms with Gasteiger partial charge in [0.1, 0.15) is 16.8 Å². The molecular weight excluding hydrogens is 432 g/mol. The predicted octanol–water partition coefficient (Wildman–Crippen LogP) is 5.24. The Morgan fingerprint density at radius 2 is 1.06 bits per heavy atom. The van der Waals surface area contributed by atoms with Gasteiger partial charge in [0.15, 0.2) is 5.84 Å². The van der Waals surface area contributed by atoms with E-state index in [1.54, 1.807) is 62.3 Å². The summed E-state index contributed by atoms with van der Waals surface area (Å²) in [6, 6.07) is 5.08. The standard InChI is InChI=1S/C23H32N2O8/c1-21(2,3)31-18(28)24-16(14-10-12-15(13-11-14)17(26)27)25(19(29)32-22(4,5)6)20(30)33-23(7,8)9/h10-13H,1-9H3,(H,26,27). The number of nitrogens with zero attached hydrogens (tertiary/aromatic N) is 2. The number of carbonyl (C=O) groups excluding carboxylic acids is 3. The van der Waals surface area contributed by atoms with Gasteiger partial charge < -0.3 is 19.3 Å². The summed E-state index contributed by atoms with van der Waals surface area (Å²) < 4.78 is 15.9. The number of hydrogen-bond donors (Lipinski definition) is 1. The van der Waals surface area contributed by atoms with Crippen LogP contribution in [-0.2, 0) is 14.2 Å². The van der Waals surface area contributed by atoms with E-state index in [9.17, 15) is 19.2 Å². The van der Waals surface area contributed by atoms with Crippen molar-refractivity contribution in [2.24, 2.45) is 4.99 Å². The zero-order valence-electron chi connectivity index (χ0n) is 20.5. The van der Waals surface area contributed by atoms with Gasteiger partial charge >= 0.3 is 24.2 Å². The van der Waals surface area contributed by atoms with Crippen LogP contribution in [0, 0.1) is 0 Å². The number of benzene rings is 1. The van der Waals surface area contributed by atoms with Crippen molar-refractivity contribution in [3.8, 4) is 0 Å². The lowest BCUT2D eigenvalue weighted by molar-refractivity contribution is 0.0147. The number of carboxylic acids is 1. The minimum atomic E-state index is -1.18. The fourth-order valence-electron chi connectivity index (χ4n) is 2.24. The van der Waals surface area contributed by atoms with Gasteiger partial charge in [-0.05, 0) is 74.4 Å². The second-order valence-corrected chi connectivity index (χ2v) is 10.1. The predicted molar refractivity (Wildman–Crippen MR) is 120 cm³/mol. The van der Waals surface area contributed by atoms with Crippen LogP contribution in [0.4, 0.5) is 14.4 Å². The van der Waals surface area contributed by atoms with E-state index in [1.165, 1.54) is 24.3 Å². The van der Waals surface area contributed by atoms with E-state index < -0.39 is 46.9 Å². The topological polar surface area (TPSA) is 132 Å². The Hall–Kier alpha value is -3.43. The third-order valence-electron chi connectivity index (χ3n) is 3.34. The second-order valence-electron chi connectivity index (χ2n) is 10.1. The number of imide groups is 1. The third-order valence-corrected chi connectivity index (χ3v) is 3.34. The molecule has 33 heavy (non-hydrogen) atoms. The van der Waals surface area contributed by atoms with Crippen molar-refractivity contribution < 1.29 is 38.5 Å². The van der Waals surface area contributed by atoms with E-state index in [-0.39, 0.29) is 11.1 Å². The molecule has 1 aromatic carbocycles. The molecular formula is C23H32N2O8. The quantitative estimate of drug-likeness (QED) is 0.357. The smallest absolute Gasteiger partial charge is 0.436 e. The summed E-state index contributed by atoms with van der Waals surface area (Å²) in [5.74, 6) is -1.62. The van der Waals surface area contributed by atoms with Crippen molar-refractivity contribution in [1.29, 1.82) is 0 Å². The molecule has 3 amide bonds. The van der Waals surface area contributed by atoms with Crippen LogP contribution in [0.3, 0.4) is 0 Å². The van der Waals surface area contributed by atoms with Gasteiger partial charge in [0.05, 0.1) is 5.56 Å². The maximum absolute atomic E-state index is 13.0. The van der Waals surface area contributed by atoms with Crippen LogP contribution in [0.15, 0.2) is 29.3 Å². The minimum Gasteiger partial charge on any atom is -0.478 e. The third kappa shape index (κ3) is 9.71. The Morgan fingerprint density at radius 3 is 1.39 bits per heavy atom. The lowest BCUT2D eigenvalue weighted by Crippen LogP contribution is -2.47. The number of ether oxygens (including phenoxy) is 3. The van der Waals surface area contributed by atoms with Gasteiger partial charge in [-0.25, -0.2) is 19.2 Å². The first-order valence-electron chi connectivity index (χ1n) is 10.2. The lowest BCUT2D eigenvalue weighted by Gasteiger charge is -2.29. The van der Waals surface area contributed by atoms with Crippen molar-refractivity contribution in [3.63, 3.8) is 0 Å². The summed E-state index contributed by atoms with van der Waals surface area (Å²) in [6.45, 7) is 14.5. The zero-order chi connectivity index (χ0) is 25.8. The van der Waals surface area contributed by atoms with E-state index in [0.29, 0.717) is 4.90 Å². The number of amides is 3. The molecule has 0 bridgehead atoms. The number of carbonyl (C=O) groups is 4. The normalized spacial score (nSPS) is 12.6. The molecule has 0 heterocycles. The highest BCUT2D eigenvalue weighted by Crippen LogP contribution is 2.19. The molecule has 0 aromatic heterocycles. The van der Waals surface area contributed by atoms with Gasteiger partial charge in [0.25, 0.3) is 0 Å². The fourth-order valence-corrected chi connectivity index (χ4v) is 2.24. The Morgan fingerprint density at radius 1 is 0.697 bits per heavy atom. The Labute approximate surface area is 193 Å². The Balaban J connectivity index is 3.68. The van der Waals surface area contributed by atoms with E-state index in [2.05, 4.69) is 4.99 Å². The van der Waals surface area contributed by atoms with Crippen LogP contribution in [0.1, 0.15) is 78.2 Å². The van der Waals surface area contributed by atoms with Crippen LogP contribution in [-0.4, -0.2) is 56.9 Å². The molecule has 0 aliphatic rings. The number of rotatable bonds is 2. The van der Waals surface area contributed by atoms with Gasteiger partial charge in [0, 0.05) is 5.56 Å². The summed E-state index contributed by atoms with van der Waals surface area (Å²) in [4.78, 5) is 54.1. The van der Waals surface area contributed by atoms with Crippen molar-refractivity contribution in [2.75, 3.05) is 0 Å². The summed E-state index contributed by atoms with van der Waals surface area (Å²) in [5.41, 5.74) is -2.83. The van der Waals surface area contributed by atoms with Gasteiger partial charge in [-0.15, -0.1) is 0 Å². The maximum atomic E-state index is 13.0. The number of aromatic carboxylic acids is 1. The molecule has 10 nitrogen and oxygen atoms in total. The highest BCUT2D eigenvalue weighted by atomic mass is 16.6. The fraction of sp³-hybridized carbons (Fsp3) is 0.522. The molecule has 0 aliphatic carbocycles. The molecule has 0 saturated carbocycles. The molecule has 0 spiro atoms. The molecule has 1 N–H and O–H groups in total. The van der Waals surface area contributed by atoms with Crippen LogP contribution in [0.25, 0.3) is 0 Å². The van der Waals surface area contributed by atoms with E-state index in [0.717, 1.165) is 0 Å². The van der Waals surface area contributed by atoms with E-state index in [4.69, 9.17) is 19.3 Å². The number of hydrogen-bond acceptors (Lipinski definition) is 7. The van der Waals surface area contributed by atoms with Gasteiger partial charge in [-0.2, -0.15) is 9.89 Å². The molecule has 0 atom stereocenters. The maximum Gasteiger partial charge on any atom is 0.436 e. The van der Waals surface area contributed by atoms with Crippen LogP contribution < -0.4 is 0 Å². The average molecular weight is 465 g/mol. The first kappa shape index (κ1) is 27.6. The summed E-state index contributed by atoms with van der Waals surface area (Å²) in [6.07, 6.45) is -3.35. The van der Waals surface area contributed by atoms with Crippen LogP contribution >= 0.6 is 0 Å². The Bertz CT molecular complexity index is 901. The molecule has 0 unspecified atom stereocenters. The first-order chi connectivity index (χ1) is 14.8. The first-order valence-corrected chi connectivity index (χ1v) is 10.2. The second kappa shape index (κ2) is 10.0. The largest absolute Gasteiger partial charge is 0.478 e. The molecule has 1 aromatic rings. The summed E-state index contributed by atoms with van der Waals surface area (Å²) in [5, 5.41) is 9.17. The van der Waals surface area contributed by atoms with Crippen molar-refractivity contribution in [2.45, 2.75) is 79.1 Å². The lowest BCUT2D eigenvalue weighted by atomic mass is 10.1. The number of carboxylic acid groups (broad SMARTS) is 1. The SMILES string of the molecule is CC(C)(C)OC(=O)N=C(c1ccc(C(=O)O)cc1)N(C(=O)OC(C)(C)C)C(=O)OC(C)(C)C. The zero-order valence-corrected chi connectivity index (χ0v) is 20.5. The number of amidine groups is 1. The average Bonchev–Trinajstić information content (AvgIpc) is 2.56. The highest BCUT2D eigenvalue weighted by molar-refractivity contribution is 6.18. The van der Waals surface area contributed by atoms with Gasteiger partial charge in [0.2, 0.25) is 0 Å². The van der Waals surface area contributed by atoms with E-state index in [1.807, 2.05) is 0 Å². The van der Waals surface area contributed by atoms with Crippen LogP contribution in [0.5, 0.6) is 0 Å². The van der Waals surface area contributed by atoms with E-state index >= 15 is 0 Å². The monoisotopic (exact) mass is 464 g/mol. The molecule has 10 heteroatoms. The summed E-state index contributed by atoms with van der Waals surface area (Å²) >= 11 is 0. The van der Waals surface area contributed by atoms with Gasteiger partial charge in [-0.3, -0.25) is 0 Å². The van der Waals surface area contributed by atoms with Gasteiger partial charge in [-0.1, -0.05) is 12.1 Å². The molecule has 0 aliphatic heterocycles. The van der Waals surface area contributed by atoms with Crippen LogP contribution in [0.2, 0.25) is 0 Å². The van der Waals surface area contributed by atoms with Crippen molar-refractivity contribution in [1.82, 2.24) is 4.90 Å². The minimum absolute atomic E-state index is 0.0449. The molecule has 0 radical (unpaired) electrons. The Kier molecular flexibility index (Phi) is 8.38. The molecule has 0 saturated heterocycles. The van der Waals surface area contributed by atoms with Crippen molar-refractivity contribution in [3.05, 3.63) is 35.4 Å².